The van der Waals surface area contributed by atoms with Crippen molar-refractivity contribution in [3.8, 4) is 23.0 Å². The predicted molar refractivity (Wildman–Crippen MR) is 146 cm³/mol. The van der Waals surface area contributed by atoms with Gasteiger partial charge in [-0.15, -0.1) is 0 Å². The summed E-state index contributed by atoms with van der Waals surface area (Å²) in [7, 11) is 3.16. The van der Waals surface area contributed by atoms with E-state index in [-0.39, 0.29) is 5.41 Å². The molecule has 1 amide bonds. The fourth-order valence-electron chi connectivity index (χ4n) is 4.42. The van der Waals surface area contributed by atoms with Gasteiger partial charge in [0.2, 0.25) is 0 Å². The molecule has 1 heterocycles. The third kappa shape index (κ3) is 5.03. The number of carboxylic acid groups (broad SMARTS) is 1. The number of amides is 1. The van der Waals surface area contributed by atoms with E-state index >= 15 is 0 Å². The van der Waals surface area contributed by atoms with Gasteiger partial charge in [0, 0.05) is 17.6 Å². The molecule has 0 aliphatic carbocycles. The predicted octanol–water partition coefficient (Wildman–Crippen LogP) is 7.77. The van der Waals surface area contributed by atoms with Crippen LogP contribution in [0.1, 0.15) is 37.5 Å². The quantitative estimate of drug-likeness (QED) is 0.291. The summed E-state index contributed by atoms with van der Waals surface area (Å²) in [5.41, 5.74) is 4.21. The normalized spacial score (nSPS) is 11.3. The Labute approximate surface area is 217 Å². The Morgan fingerprint density at radius 3 is 2.16 bits per heavy atom. The van der Waals surface area contributed by atoms with Crippen LogP contribution >= 0.6 is 0 Å². The maximum Gasteiger partial charge on any atom is 0.416 e. The zero-order chi connectivity index (χ0) is 26.9. The van der Waals surface area contributed by atoms with Gasteiger partial charge in [-0.3, -0.25) is 4.98 Å². The molecular formula is C30H32N2O5. The lowest BCUT2D eigenvalue weighted by Crippen LogP contribution is -2.28. The SMILES string of the molecule is COc1cc2nccc(Oc3cc(C)c(N(C(=O)O)c4ccccc4C(C)(C)C)cc3C)c2cc1OC. The molecule has 4 rings (SSSR count). The minimum Gasteiger partial charge on any atom is -0.493 e. The summed E-state index contributed by atoms with van der Waals surface area (Å²) in [5.74, 6) is 2.39. The molecule has 7 heteroatoms. The van der Waals surface area contributed by atoms with Crippen LogP contribution in [0.3, 0.4) is 0 Å². The number of anilines is 2. The maximum atomic E-state index is 12.5. The molecule has 0 radical (unpaired) electrons. The molecule has 0 atom stereocenters. The van der Waals surface area contributed by atoms with Crippen molar-refractivity contribution in [3.05, 3.63) is 77.5 Å². The van der Waals surface area contributed by atoms with Gasteiger partial charge in [-0.05, 0) is 66.3 Å². The topological polar surface area (TPSA) is 81.1 Å². The summed E-state index contributed by atoms with van der Waals surface area (Å²) in [5, 5.41) is 11.0. The molecule has 1 aromatic heterocycles. The van der Waals surface area contributed by atoms with Crippen molar-refractivity contribution in [1.82, 2.24) is 4.98 Å². The second-order valence-corrected chi connectivity index (χ2v) is 9.92. The first-order valence-electron chi connectivity index (χ1n) is 12.0. The largest absolute Gasteiger partial charge is 0.493 e. The number of pyridine rings is 1. The summed E-state index contributed by atoms with van der Waals surface area (Å²) >= 11 is 0. The number of ether oxygens (including phenoxy) is 3. The summed E-state index contributed by atoms with van der Waals surface area (Å²) in [6.07, 6.45) is 0.629. The van der Waals surface area contributed by atoms with Crippen molar-refractivity contribution in [3.63, 3.8) is 0 Å². The fraction of sp³-hybridized carbons (Fsp3) is 0.267. The lowest BCUT2D eigenvalue weighted by atomic mass is 9.85. The fourth-order valence-corrected chi connectivity index (χ4v) is 4.42. The zero-order valence-electron chi connectivity index (χ0n) is 22.2. The third-order valence-electron chi connectivity index (χ3n) is 6.31. The highest BCUT2D eigenvalue weighted by Gasteiger charge is 2.27. The Bertz CT molecular complexity index is 1470. The van der Waals surface area contributed by atoms with E-state index in [1.165, 1.54) is 4.90 Å². The molecule has 0 unspecified atom stereocenters. The van der Waals surface area contributed by atoms with Gasteiger partial charge in [-0.2, -0.15) is 0 Å². The minimum atomic E-state index is -1.05. The smallest absolute Gasteiger partial charge is 0.416 e. The number of nitrogens with zero attached hydrogens (tertiary/aromatic N) is 2. The van der Waals surface area contributed by atoms with Crippen LogP contribution in [0.4, 0.5) is 16.2 Å². The molecule has 0 spiro atoms. The number of aryl methyl sites for hydroxylation is 2. The van der Waals surface area contributed by atoms with E-state index in [0.29, 0.717) is 39.9 Å². The summed E-state index contributed by atoms with van der Waals surface area (Å²) in [6.45, 7) is 10.0. The van der Waals surface area contributed by atoms with E-state index in [1.54, 1.807) is 32.5 Å². The molecule has 3 aromatic carbocycles. The standard InChI is InChI=1S/C30H32N2O5/c1-18-15-26(37-25-12-13-31-22-17-28(36-7)27(35-6)16-20(22)25)19(2)14-24(18)32(29(33)34)23-11-9-8-10-21(23)30(3,4)5/h8-17H,1-7H3,(H,33,34). The molecule has 0 fully saturated rings. The number of hydrogen-bond acceptors (Lipinski definition) is 5. The van der Waals surface area contributed by atoms with Crippen molar-refractivity contribution in [2.45, 2.75) is 40.0 Å². The van der Waals surface area contributed by atoms with Gasteiger partial charge in [-0.1, -0.05) is 39.0 Å². The first kappa shape index (κ1) is 25.8. The van der Waals surface area contributed by atoms with Crippen LogP contribution in [0.2, 0.25) is 0 Å². The van der Waals surface area contributed by atoms with Gasteiger partial charge < -0.3 is 19.3 Å². The third-order valence-corrected chi connectivity index (χ3v) is 6.31. The number of hydrogen-bond donors (Lipinski definition) is 1. The van der Waals surface area contributed by atoms with Gasteiger partial charge >= 0.3 is 6.09 Å². The Morgan fingerprint density at radius 1 is 0.838 bits per heavy atom. The zero-order valence-corrected chi connectivity index (χ0v) is 22.2. The molecule has 0 saturated carbocycles. The first-order valence-corrected chi connectivity index (χ1v) is 12.0. The molecular weight excluding hydrogens is 468 g/mol. The minimum absolute atomic E-state index is 0.234. The number of carbonyl (C=O) groups is 1. The monoisotopic (exact) mass is 500 g/mol. The van der Waals surface area contributed by atoms with Crippen molar-refractivity contribution in [1.29, 1.82) is 0 Å². The van der Waals surface area contributed by atoms with Gasteiger partial charge in [0.15, 0.2) is 11.5 Å². The van der Waals surface area contributed by atoms with Crippen molar-refractivity contribution in [2.75, 3.05) is 19.1 Å². The van der Waals surface area contributed by atoms with Crippen molar-refractivity contribution >= 4 is 28.4 Å². The number of para-hydroxylation sites is 1. The molecule has 192 valence electrons. The van der Waals surface area contributed by atoms with Crippen LogP contribution in [0.15, 0.2) is 60.8 Å². The first-order chi connectivity index (χ1) is 17.5. The highest BCUT2D eigenvalue weighted by molar-refractivity contribution is 5.97. The average Bonchev–Trinajstić information content (AvgIpc) is 2.85. The molecule has 0 bridgehead atoms. The van der Waals surface area contributed by atoms with Crippen LogP contribution in [0, 0.1) is 13.8 Å². The lowest BCUT2D eigenvalue weighted by molar-refractivity contribution is 0.204. The second-order valence-electron chi connectivity index (χ2n) is 9.92. The summed E-state index contributed by atoms with van der Waals surface area (Å²) < 4.78 is 17.2. The molecule has 0 saturated heterocycles. The lowest BCUT2D eigenvalue weighted by Gasteiger charge is -2.29. The molecule has 0 aliphatic heterocycles. The maximum absolute atomic E-state index is 12.5. The van der Waals surface area contributed by atoms with E-state index in [1.807, 2.05) is 56.3 Å². The van der Waals surface area contributed by atoms with Gasteiger partial charge in [0.1, 0.15) is 11.5 Å². The summed E-state index contributed by atoms with van der Waals surface area (Å²) in [4.78, 5) is 18.3. The highest BCUT2D eigenvalue weighted by atomic mass is 16.5. The Morgan fingerprint density at radius 2 is 1.51 bits per heavy atom. The van der Waals surface area contributed by atoms with E-state index < -0.39 is 6.09 Å². The average molecular weight is 501 g/mol. The van der Waals surface area contributed by atoms with Crippen molar-refractivity contribution in [2.24, 2.45) is 0 Å². The molecule has 4 aromatic rings. The number of fused-ring (bicyclic) bond motifs is 1. The Balaban J connectivity index is 1.79. The van der Waals surface area contributed by atoms with Gasteiger partial charge in [-0.25, -0.2) is 9.69 Å². The number of rotatable bonds is 6. The van der Waals surface area contributed by atoms with E-state index in [4.69, 9.17) is 14.2 Å². The number of benzene rings is 3. The summed E-state index contributed by atoms with van der Waals surface area (Å²) in [6, 6.07) is 16.8. The van der Waals surface area contributed by atoms with Crippen LogP contribution in [0.25, 0.3) is 10.9 Å². The van der Waals surface area contributed by atoms with Crippen molar-refractivity contribution < 1.29 is 24.1 Å². The van der Waals surface area contributed by atoms with Crippen LogP contribution in [-0.4, -0.2) is 30.4 Å². The molecule has 1 N–H and O–H groups in total. The number of methoxy groups -OCH3 is 2. The van der Waals surface area contributed by atoms with E-state index in [0.717, 1.165) is 22.1 Å². The number of aromatic nitrogens is 1. The van der Waals surface area contributed by atoms with E-state index in [2.05, 4.69) is 25.8 Å². The van der Waals surface area contributed by atoms with Crippen LogP contribution < -0.4 is 19.1 Å². The Hall–Kier alpha value is -4.26. The molecule has 0 aliphatic rings. The van der Waals surface area contributed by atoms with Gasteiger partial charge in [0.25, 0.3) is 0 Å². The van der Waals surface area contributed by atoms with Crippen LogP contribution in [-0.2, 0) is 5.41 Å². The van der Waals surface area contributed by atoms with E-state index in [9.17, 15) is 9.90 Å². The Kier molecular flexibility index (Phi) is 6.99. The highest BCUT2D eigenvalue weighted by Crippen LogP contribution is 2.41. The van der Waals surface area contributed by atoms with Crippen LogP contribution in [0.5, 0.6) is 23.0 Å². The second kappa shape index (κ2) is 10.0. The van der Waals surface area contributed by atoms with Gasteiger partial charge in [0.05, 0.1) is 31.1 Å². The molecule has 7 nitrogen and oxygen atoms in total. The molecule has 37 heavy (non-hydrogen) atoms.